The molecule has 0 spiro atoms. The first-order chi connectivity index (χ1) is 11.1. The molecule has 0 saturated carbocycles. The van der Waals surface area contributed by atoms with Crippen molar-refractivity contribution in [2.24, 2.45) is 0 Å². The number of benzene rings is 1. The fraction of sp³-hybridized carbons (Fsp3) is 0.222. The Hall–Kier alpha value is -2.82. The van der Waals surface area contributed by atoms with E-state index in [1.807, 2.05) is 44.3 Å². The predicted octanol–water partition coefficient (Wildman–Crippen LogP) is 3.18. The van der Waals surface area contributed by atoms with Gasteiger partial charge in [-0.3, -0.25) is 4.79 Å². The predicted molar refractivity (Wildman–Crippen MR) is 87.8 cm³/mol. The van der Waals surface area contributed by atoms with Gasteiger partial charge >= 0.3 is 0 Å². The molecule has 0 radical (unpaired) electrons. The first-order valence-corrected chi connectivity index (χ1v) is 7.35. The molecule has 3 aromatic rings. The van der Waals surface area contributed by atoms with Crippen LogP contribution < -0.4 is 10.3 Å². The maximum Gasteiger partial charge on any atom is 0.250 e. The van der Waals surface area contributed by atoms with Crippen molar-refractivity contribution < 1.29 is 9.26 Å². The normalized spacial score (nSPS) is 10.7. The maximum atomic E-state index is 12.1. The quantitative estimate of drug-likeness (QED) is 0.742. The number of aryl methyl sites for hydroxylation is 2. The summed E-state index contributed by atoms with van der Waals surface area (Å²) in [6.45, 7) is 4.26. The number of nitrogens with zero attached hydrogens (tertiary/aromatic N) is 2. The fourth-order valence-electron chi connectivity index (χ4n) is 2.63. The van der Waals surface area contributed by atoms with Crippen molar-refractivity contribution in [3.63, 3.8) is 0 Å². The van der Waals surface area contributed by atoms with Gasteiger partial charge in [0.25, 0.3) is 5.56 Å². The van der Waals surface area contributed by atoms with E-state index in [0.29, 0.717) is 6.54 Å². The third-order valence-corrected chi connectivity index (χ3v) is 3.82. The van der Waals surface area contributed by atoms with E-state index in [4.69, 9.17) is 9.26 Å². The van der Waals surface area contributed by atoms with E-state index in [9.17, 15) is 4.79 Å². The van der Waals surface area contributed by atoms with Crippen LogP contribution in [0, 0.1) is 13.8 Å². The van der Waals surface area contributed by atoms with Crippen molar-refractivity contribution in [3.8, 4) is 16.9 Å². The second kappa shape index (κ2) is 6.12. The van der Waals surface area contributed by atoms with Gasteiger partial charge in [0.2, 0.25) is 0 Å². The van der Waals surface area contributed by atoms with Gasteiger partial charge in [0.1, 0.15) is 11.5 Å². The first kappa shape index (κ1) is 15.1. The molecule has 0 bridgehead atoms. The lowest BCUT2D eigenvalue weighted by molar-refractivity contribution is 0.393. The molecule has 0 aliphatic carbocycles. The van der Waals surface area contributed by atoms with Crippen LogP contribution in [0.15, 0.2) is 51.9 Å². The minimum Gasteiger partial charge on any atom is -0.497 e. The maximum absolute atomic E-state index is 12.1. The second-order valence-electron chi connectivity index (χ2n) is 5.43. The molecule has 0 amide bonds. The Morgan fingerprint density at radius 3 is 2.48 bits per heavy atom. The van der Waals surface area contributed by atoms with Gasteiger partial charge in [-0.15, -0.1) is 0 Å². The summed E-state index contributed by atoms with van der Waals surface area (Å²) in [7, 11) is 1.63. The Kier molecular flexibility index (Phi) is 4.02. The van der Waals surface area contributed by atoms with Crippen molar-refractivity contribution in [1.29, 1.82) is 0 Å². The zero-order valence-corrected chi connectivity index (χ0v) is 13.4. The highest BCUT2D eigenvalue weighted by atomic mass is 16.5. The topological polar surface area (TPSA) is 57.3 Å². The van der Waals surface area contributed by atoms with Crippen molar-refractivity contribution in [2.45, 2.75) is 20.4 Å². The molecule has 3 rings (SSSR count). The summed E-state index contributed by atoms with van der Waals surface area (Å²) in [6, 6.07) is 11.1. The van der Waals surface area contributed by atoms with Gasteiger partial charge in [-0.2, -0.15) is 0 Å². The molecule has 0 fully saturated rings. The molecule has 23 heavy (non-hydrogen) atoms. The zero-order valence-electron chi connectivity index (χ0n) is 13.4. The molecule has 5 nitrogen and oxygen atoms in total. The molecular formula is C18H18N2O3. The Bertz CT molecular complexity index is 857. The van der Waals surface area contributed by atoms with Crippen LogP contribution in [-0.2, 0) is 6.54 Å². The lowest BCUT2D eigenvalue weighted by Gasteiger charge is -2.09. The van der Waals surface area contributed by atoms with E-state index in [1.54, 1.807) is 23.8 Å². The van der Waals surface area contributed by atoms with Crippen LogP contribution in [0.1, 0.15) is 17.0 Å². The summed E-state index contributed by atoms with van der Waals surface area (Å²) in [5.74, 6) is 1.54. The minimum atomic E-state index is -0.0451. The minimum absolute atomic E-state index is 0.0451. The number of hydrogen-bond acceptors (Lipinski definition) is 4. The Labute approximate surface area is 134 Å². The lowest BCUT2D eigenvalue weighted by atomic mass is 10.1. The molecule has 2 aromatic heterocycles. The average molecular weight is 310 g/mol. The highest BCUT2D eigenvalue weighted by Crippen LogP contribution is 2.25. The highest BCUT2D eigenvalue weighted by Gasteiger charge is 2.12. The van der Waals surface area contributed by atoms with Crippen molar-refractivity contribution >= 4 is 0 Å². The standard InChI is InChI=1S/C18H18N2O3/c1-12-18(13(2)23-19-12)15-6-9-17(21)20(11-15)10-14-4-7-16(22-3)8-5-14/h4-9,11H,10H2,1-3H3. The number of rotatable bonds is 4. The Balaban J connectivity index is 1.96. The SMILES string of the molecule is COc1ccc(Cn2cc(-c3c(C)noc3C)ccc2=O)cc1. The third kappa shape index (κ3) is 3.04. The molecule has 0 atom stereocenters. The summed E-state index contributed by atoms with van der Waals surface area (Å²) in [6.07, 6.45) is 1.85. The van der Waals surface area contributed by atoms with Crippen LogP contribution in [0.3, 0.4) is 0 Å². The molecule has 0 aliphatic rings. The number of pyridine rings is 1. The van der Waals surface area contributed by atoms with E-state index in [1.165, 1.54) is 0 Å². The zero-order chi connectivity index (χ0) is 16.4. The summed E-state index contributed by atoms with van der Waals surface area (Å²) < 4.78 is 12.0. The second-order valence-corrected chi connectivity index (χ2v) is 5.43. The molecule has 0 saturated heterocycles. The summed E-state index contributed by atoms with van der Waals surface area (Å²) >= 11 is 0. The van der Waals surface area contributed by atoms with E-state index in [0.717, 1.165) is 33.9 Å². The van der Waals surface area contributed by atoms with Gasteiger partial charge in [0.15, 0.2) is 0 Å². The summed E-state index contributed by atoms with van der Waals surface area (Å²) in [4.78, 5) is 12.1. The van der Waals surface area contributed by atoms with Gasteiger partial charge < -0.3 is 13.8 Å². The van der Waals surface area contributed by atoms with Crippen molar-refractivity contribution in [3.05, 3.63) is 70.0 Å². The highest BCUT2D eigenvalue weighted by molar-refractivity contribution is 5.66. The largest absolute Gasteiger partial charge is 0.497 e. The van der Waals surface area contributed by atoms with Gasteiger partial charge in [-0.25, -0.2) is 0 Å². The molecule has 2 heterocycles. The molecule has 1 aromatic carbocycles. The monoisotopic (exact) mass is 310 g/mol. The van der Waals surface area contributed by atoms with Gasteiger partial charge in [-0.05, 0) is 37.6 Å². The molecule has 0 aliphatic heterocycles. The first-order valence-electron chi connectivity index (χ1n) is 7.35. The number of ether oxygens (including phenoxy) is 1. The molecular weight excluding hydrogens is 292 g/mol. The van der Waals surface area contributed by atoms with E-state index >= 15 is 0 Å². The van der Waals surface area contributed by atoms with Crippen LogP contribution >= 0.6 is 0 Å². The Morgan fingerprint density at radius 1 is 1.13 bits per heavy atom. The molecule has 118 valence electrons. The van der Waals surface area contributed by atoms with Gasteiger partial charge in [0.05, 0.1) is 19.3 Å². The fourth-order valence-corrected chi connectivity index (χ4v) is 2.63. The van der Waals surface area contributed by atoms with E-state index < -0.39 is 0 Å². The van der Waals surface area contributed by atoms with Gasteiger partial charge in [-0.1, -0.05) is 17.3 Å². The number of aromatic nitrogens is 2. The Morgan fingerprint density at radius 2 is 1.87 bits per heavy atom. The van der Waals surface area contributed by atoms with Crippen LogP contribution in [0.4, 0.5) is 0 Å². The average Bonchev–Trinajstić information content (AvgIpc) is 2.89. The third-order valence-electron chi connectivity index (χ3n) is 3.82. The van der Waals surface area contributed by atoms with Crippen LogP contribution in [0.2, 0.25) is 0 Å². The lowest BCUT2D eigenvalue weighted by Crippen LogP contribution is -2.19. The smallest absolute Gasteiger partial charge is 0.250 e. The van der Waals surface area contributed by atoms with Gasteiger partial charge in [0, 0.05) is 23.4 Å². The van der Waals surface area contributed by atoms with E-state index in [2.05, 4.69) is 5.16 Å². The molecule has 5 heteroatoms. The molecule has 0 unspecified atom stereocenters. The van der Waals surface area contributed by atoms with Crippen LogP contribution in [0.25, 0.3) is 11.1 Å². The number of methoxy groups -OCH3 is 1. The van der Waals surface area contributed by atoms with Crippen molar-refractivity contribution in [1.82, 2.24) is 9.72 Å². The number of hydrogen-bond donors (Lipinski definition) is 0. The van der Waals surface area contributed by atoms with E-state index in [-0.39, 0.29) is 5.56 Å². The summed E-state index contributed by atoms with van der Waals surface area (Å²) in [5, 5.41) is 3.97. The van der Waals surface area contributed by atoms with Crippen molar-refractivity contribution in [2.75, 3.05) is 7.11 Å². The molecule has 0 N–H and O–H groups in total. The van der Waals surface area contributed by atoms with Crippen LogP contribution in [-0.4, -0.2) is 16.8 Å². The van der Waals surface area contributed by atoms with Crippen LogP contribution in [0.5, 0.6) is 5.75 Å². The summed E-state index contributed by atoms with van der Waals surface area (Å²) in [5.41, 5.74) is 3.67.